The van der Waals surface area contributed by atoms with E-state index in [2.05, 4.69) is 43.9 Å². The van der Waals surface area contributed by atoms with E-state index in [9.17, 15) is 5.11 Å². The summed E-state index contributed by atoms with van der Waals surface area (Å²) in [6, 6.07) is 4.12. The number of fused-ring (bicyclic) bond motifs is 1. The van der Waals surface area contributed by atoms with Gasteiger partial charge in [0.2, 0.25) is 0 Å². The van der Waals surface area contributed by atoms with E-state index in [1.165, 1.54) is 19.3 Å². The van der Waals surface area contributed by atoms with Gasteiger partial charge in [-0.15, -0.1) is 0 Å². The van der Waals surface area contributed by atoms with Crippen molar-refractivity contribution in [2.24, 2.45) is 11.8 Å². The molecule has 1 aliphatic carbocycles. The van der Waals surface area contributed by atoms with Crippen molar-refractivity contribution in [1.29, 1.82) is 0 Å². The molecular weight excluding hydrogens is 364 g/mol. The Morgan fingerprint density at radius 2 is 1.66 bits per heavy atom. The van der Waals surface area contributed by atoms with Gasteiger partial charge in [-0.05, 0) is 44.6 Å². The molecule has 29 heavy (non-hydrogen) atoms. The highest BCUT2D eigenvalue weighted by molar-refractivity contribution is 5.45. The number of nitrogens with zero attached hydrogens (tertiary/aromatic N) is 6. The van der Waals surface area contributed by atoms with Crippen LogP contribution < -0.4 is 4.90 Å². The first-order valence-electron chi connectivity index (χ1n) is 11.0. The monoisotopic (exact) mass is 396 g/mol. The predicted molar refractivity (Wildman–Crippen MR) is 112 cm³/mol. The third-order valence-electron chi connectivity index (χ3n) is 7.05. The molecule has 0 amide bonds. The fourth-order valence-corrected chi connectivity index (χ4v) is 5.68. The fourth-order valence-electron chi connectivity index (χ4n) is 5.68. The van der Waals surface area contributed by atoms with Crippen LogP contribution >= 0.6 is 0 Å². The summed E-state index contributed by atoms with van der Waals surface area (Å²) in [6.07, 6.45) is 7.23. The zero-order valence-corrected chi connectivity index (χ0v) is 17.6. The van der Waals surface area contributed by atoms with Gasteiger partial charge >= 0.3 is 0 Å². The van der Waals surface area contributed by atoms with Crippen molar-refractivity contribution >= 4 is 5.82 Å². The van der Waals surface area contributed by atoms with Crippen molar-refractivity contribution in [1.82, 2.24) is 24.6 Å². The topological polar surface area (TPSA) is 70.3 Å². The predicted octanol–water partition coefficient (Wildman–Crippen LogP) is 2.34. The Kier molecular flexibility index (Phi) is 4.82. The molecule has 4 heterocycles. The van der Waals surface area contributed by atoms with Gasteiger partial charge < -0.3 is 10.0 Å². The summed E-state index contributed by atoms with van der Waals surface area (Å²) in [4.78, 5) is 13.9. The highest BCUT2D eigenvalue weighted by Gasteiger charge is 2.43. The Labute approximate surface area is 172 Å². The van der Waals surface area contributed by atoms with E-state index in [1.54, 1.807) is 6.33 Å². The molecule has 2 atom stereocenters. The number of β-amino-alcohol motifs (C(OH)–C–C–N with tert-alkyl or cyclic N) is 1. The number of hydrogen-bond acceptors (Lipinski definition) is 6. The first-order valence-corrected chi connectivity index (χ1v) is 11.0. The molecule has 7 nitrogen and oxygen atoms in total. The van der Waals surface area contributed by atoms with Gasteiger partial charge in [-0.1, -0.05) is 19.3 Å². The molecule has 1 saturated carbocycles. The molecule has 156 valence electrons. The van der Waals surface area contributed by atoms with Crippen LogP contribution in [0.4, 0.5) is 5.82 Å². The summed E-state index contributed by atoms with van der Waals surface area (Å²) in [7, 11) is 0. The second-order valence-corrected chi connectivity index (χ2v) is 9.48. The maximum atomic E-state index is 10.9. The lowest BCUT2D eigenvalue weighted by Crippen LogP contribution is -2.44. The van der Waals surface area contributed by atoms with Gasteiger partial charge in [0.15, 0.2) is 5.82 Å². The minimum Gasteiger partial charge on any atom is -0.389 e. The summed E-state index contributed by atoms with van der Waals surface area (Å²) >= 11 is 0. The molecule has 3 fully saturated rings. The zero-order chi connectivity index (χ0) is 20.0. The Morgan fingerprint density at radius 3 is 2.31 bits per heavy atom. The third-order valence-corrected chi connectivity index (χ3v) is 7.05. The van der Waals surface area contributed by atoms with Crippen molar-refractivity contribution < 1.29 is 5.11 Å². The van der Waals surface area contributed by atoms with Crippen LogP contribution in [0.2, 0.25) is 0 Å². The van der Waals surface area contributed by atoms with Crippen molar-refractivity contribution in [2.45, 2.75) is 51.6 Å². The van der Waals surface area contributed by atoms with E-state index in [0.717, 1.165) is 68.6 Å². The minimum atomic E-state index is -0.447. The molecule has 7 heteroatoms. The summed E-state index contributed by atoms with van der Waals surface area (Å²) in [5, 5.41) is 15.5. The normalized spacial score (nSPS) is 26.8. The van der Waals surface area contributed by atoms with Crippen LogP contribution in [0.3, 0.4) is 0 Å². The Bertz CT molecular complexity index is 860. The number of aliphatic hydroxyl groups is 1. The molecule has 5 rings (SSSR count). The quantitative estimate of drug-likeness (QED) is 0.855. The second-order valence-electron chi connectivity index (χ2n) is 9.48. The molecule has 2 saturated heterocycles. The lowest BCUT2D eigenvalue weighted by atomic mass is 9.84. The Morgan fingerprint density at radius 1 is 0.966 bits per heavy atom. The largest absolute Gasteiger partial charge is 0.389 e. The number of anilines is 1. The maximum Gasteiger partial charge on any atom is 0.159 e. The number of aromatic nitrogens is 4. The molecular formula is C22H32N6O. The van der Waals surface area contributed by atoms with Crippen molar-refractivity contribution in [3.8, 4) is 5.82 Å². The van der Waals surface area contributed by atoms with Crippen molar-refractivity contribution in [3.63, 3.8) is 0 Å². The standard InChI is InChI=1S/C22H32N6O/c1-16-8-17(2)28(25-16)21-9-20(23-15-24-21)27-12-18-10-26(11-19(18)13-27)14-22(29)6-4-3-5-7-22/h8-9,15,18-19,29H,3-7,10-14H2,1-2H3. The molecule has 2 aliphatic heterocycles. The fraction of sp³-hybridized carbons (Fsp3) is 0.682. The molecule has 0 spiro atoms. The van der Waals surface area contributed by atoms with Gasteiger partial charge in [0.05, 0.1) is 11.3 Å². The van der Waals surface area contributed by atoms with Crippen LogP contribution in [0.5, 0.6) is 0 Å². The van der Waals surface area contributed by atoms with Crippen LogP contribution in [0, 0.1) is 25.7 Å². The SMILES string of the molecule is Cc1cc(C)n(-c2cc(N3CC4CN(CC5(O)CCCCC5)CC4C3)ncn2)n1. The minimum absolute atomic E-state index is 0.447. The van der Waals surface area contributed by atoms with Crippen LogP contribution in [0.25, 0.3) is 5.82 Å². The summed E-state index contributed by atoms with van der Waals surface area (Å²) < 4.78 is 1.89. The smallest absolute Gasteiger partial charge is 0.159 e. The van der Waals surface area contributed by atoms with Gasteiger partial charge in [0.1, 0.15) is 12.1 Å². The molecule has 3 aliphatic rings. The first-order chi connectivity index (χ1) is 14.0. The summed E-state index contributed by atoms with van der Waals surface area (Å²) in [6.45, 7) is 9.17. The molecule has 2 aromatic rings. The third kappa shape index (κ3) is 3.78. The van der Waals surface area contributed by atoms with E-state index < -0.39 is 5.60 Å². The highest BCUT2D eigenvalue weighted by atomic mass is 16.3. The average molecular weight is 397 g/mol. The van der Waals surface area contributed by atoms with E-state index in [-0.39, 0.29) is 0 Å². The highest BCUT2D eigenvalue weighted by Crippen LogP contribution is 2.36. The van der Waals surface area contributed by atoms with Crippen LogP contribution in [0.15, 0.2) is 18.5 Å². The van der Waals surface area contributed by atoms with Crippen molar-refractivity contribution in [3.05, 3.63) is 29.8 Å². The van der Waals surface area contributed by atoms with Gasteiger partial charge in [-0.2, -0.15) is 5.10 Å². The lowest BCUT2D eigenvalue weighted by molar-refractivity contribution is -0.0226. The molecule has 0 aromatic carbocycles. The van der Waals surface area contributed by atoms with Crippen molar-refractivity contribution in [2.75, 3.05) is 37.6 Å². The summed E-state index contributed by atoms with van der Waals surface area (Å²) in [5.41, 5.74) is 1.64. The lowest BCUT2D eigenvalue weighted by Gasteiger charge is -2.36. The van der Waals surface area contributed by atoms with Gasteiger partial charge in [0.25, 0.3) is 0 Å². The second kappa shape index (κ2) is 7.36. The van der Waals surface area contributed by atoms with Gasteiger partial charge in [-0.25, -0.2) is 14.6 Å². The van der Waals surface area contributed by atoms with Gasteiger partial charge in [-0.3, -0.25) is 4.90 Å². The number of hydrogen-bond donors (Lipinski definition) is 1. The Hall–Kier alpha value is -1.99. The number of aryl methyl sites for hydroxylation is 2. The molecule has 2 aromatic heterocycles. The number of likely N-dealkylation sites (tertiary alicyclic amines) is 1. The van der Waals surface area contributed by atoms with E-state index >= 15 is 0 Å². The van der Waals surface area contributed by atoms with Crippen LogP contribution in [0.1, 0.15) is 43.5 Å². The molecule has 1 N–H and O–H groups in total. The average Bonchev–Trinajstić information content (AvgIpc) is 3.34. The maximum absolute atomic E-state index is 10.9. The number of rotatable bonds is 4. The first kappa shape index (κ1) is 19.0. The van der Waals surface area contributed by atoms with Gasteiger partial charge in [0, 0.05) is 44.5 Å². The zero-order valence-electron chi connectivity index (χ0n) is 17.6. The van der Waals surface area contributed by atoms with E-state index in [1.807, 2.05) is 11.6 Å². The molecule has 0 radical (unpaired) electrons. The van der Waals surface area contributed by atoms with E-state index in [0.29, 0.717) is 11.8 Å². The molecule has 0 bridgehead atoms. The summed E-state index contributed by atoms with van der Waals surface area (Å²) in [5.74, 6) is 3.15. The Balaban J connectivity index is 1.24. The van der Waals surface area contributed by atoms with Crippen LogP contribution in [-0.2, 0) is 0 Å². The molecule has 2 unspecified atom stereocenters. The van der Waals surface area contributed by atoms with Crippen LogP contribution in [-0.4, -0.2) is 68.1 Å². The van der Waals surface area contributed by atoms with E-state index in [4.69, 9.17) is 0 Å².